The lowest BCUT2D eigenvalue weighted by Crippen LogP contribution is -2.26. The quantitative estimate of drug-likeness (QED) is 0.118. The Kier molecular flexibility index (Phi) is 16.2. The Hall–Kier alpha value is -6.20. The van der Waals surface area contributed by atoms with E-state index in [1.165, 1.54) is 0 Å². The molecule has 16 nitrogen and oxygen atoms in total. The number of carboxylic acid groups (broad SMARTS) is 2. The third kappa shape index (κ3) is 10.9. The van der Waals surface area contributed by atoms with Gasteiger partial charge in [-0.1, -0.05) is 25.3 Å². The van der Waals surface area contributed by atoms with Gasteiger partial charge in [-0.05, 0) is 98.2 Å². The molecule has 298 valence electrons. The number of aromatic nitrogens is 4. The van der Waals surface area contributed by atoms with Gasteiger partial charge in [0.1, 0.15) is 26.7 Å². The number of aliphatic carboxylic acids is 2. The average molecular weight is 773 g/mol. The molecular formula is C40H48N6O10. The van der Waals surface area contributed by atoms with Crippen molar-refractivity contribution in [2.75, 3.05) is 26.7 Å². The zero-order valence-electron chi connectivity index (χ0n) is 31.7. The van der Waals surface area contributed by atoms with Crippen LogP contribution in [-0.2, 0) is 19.2 Å². The number of nitrogens with one attached hydrogen (secondary N) is 4. The van der Waals surface area contributed by atoms with Gasteiger partial charge in [0, 0.05) is 46.0 Å². The number of amides is 2. The van der Waals surface area contributed by atoms with Gasteiger partial charge in [-0.15, -0.1) is 0 Å². The molecule has 5 heterocycles. The number of hydrogen-bond acceptors (Lipinski definition) is 10. The molecular weight excluding hydrogens is 724 g/mol. The number of carbonyl (C=O) groups excluding carboxylic acids is 2. The molecule has 3 aromatic rings. The van der Waals surface area contributed by atoms with E-state index in [0.717, 1.165) is 78.0 Å². The van der Waals surface area contributed by atoms with Gasteiger partial charge in [0.25, 0.3) is 0 Å². The minimum atomic E-state index is -0.889. The Bertz CT molecular complexity index is 2230. The number of allylic oxidation sites excluding steroid dienone is 4. The maximum atomic E-state index is 11.5. The van der Waals surface area contributed by atoms with Crippen LogP contribution < -0.4 is 10.6 Å². The molecule has 0 unspecified atom stereocenters. The van der Waals surface area contributed by atoms with Crippen molar-refractivity contribution in [3.8, 4) is 0 Å². The highest BCUT2D eigenvalue weighted by Crippen LogP contribution is 2.38. The lowest BCUT2D eigenvalue weighted by Gasteiger charge is -2.05. The van der Waals surface area contributed by atoms with Gasteiger partial charge in [-0.25, -0.2) is 9.97 Å². The number of aromatic amines is 2. The van der Waals surface area contributed by atoms with E-state index in [4.69, 9.17) is 30.4 Å². The van der Waals surface area contributed by atoms with E-state index in [0.29, 0.717) is 24.2 Å². The lowest BCUT2D eigenvalue weighted by molar-refractivity contribution is -0.137. The number of carbonyl (C=O) groups is 4. The van der Waals surface area contributed by atoms with Crippen LogP contribution in [-0.4, -0.2) is 101 Å². The van der Waals surface area contributed by atoms with Gasteiger partial charge in [0.2, 0.25) is 11.8 Å². The standard InChI is InChI=1S/C34H34N4O4.2C3H7NO3/c1-7-21-17(3)25-13-26-19(5)23(9-11-33(39)40)31(37-26)16-32-24(10-12-34(41)42)20(6)28(38-32)15-30-22(8-2)18(4)27(36-30)14-29(21)35-25;2*5-1-3(7)4-2-6/h7-8,13-16,35-36H,1-2,9-12H2,3-6H3,(H,39,40)(H,41,42);2*5-6H,1-2H2,(H,4,7). The predicted molar refractivity (Wildman–Crippen MR) is 214 cm³/mol. The predicted octanol–water partition coefficient (Wildman–Crippen LogP) is 3.90. The summed E-state index contributed by atoms with van der Waals surface area (Å²) in [6.07, 6.45) is 4.20. The molecule has 2 aliphatic heterocycles. The minimum absolute atomic E-state index is 0.0367. The fourth-order valence-electron chi connectivity index (χ4n) is 6.05. The van der Waals surface area contributed by atoms with Crippen LogP contribution >= 0.6 is 0 Å². The SMILES string of the molecule is C=Cc1c(C)c2cc3[nH]c(cc4nc(cc5nc(cc1[nH]2)C(C)=C5CCC(=O)O)C(CCC(=O)O)=C4C)c(C)c3C=C.O=C(CO)NCO.O=C(CO)NCO. The highest BCUT2D eigenvalue weighted by Gasteiger charge is 2.22. The first-order chi connectivity index (χ1) is 26.6. The van der Waals surface area contributed by atoms with Crippen LogP contribution in [0.1, 0.15) is 84.6 Å². The smallest absolute Gasteiger partial charge is 0.303 e. The fraction of sp³-hybridized carbons (Fsp3) is 0.300. The zero-order chi connectivity index (χ0) is 41.7. The van der Waals surface area contributed by atoms with Crippen molar-refractivity contribution in [2.45, 2.75) is 53.4 Å². The molecule has 0 saturated carbocycles. The summed E-state index contributed by atoms with van der Waals surface area (Å²) >= 11 is 0. The van der Waals surface area contributed by atoms with E-state index < -0.39 is 50.4 Å². The Morgan fingerprint density at radius 2 is 0.982 bits per heavy atom. The first-order valence-electron chi connectivity index (χ1n) is 17.5. The Morgan fingerprint density at radius 1 is 0.607 bits per heavy atom. The number of aliphatic hydroxyl groups is 4. The summed E-state index contributed by atoms with van der Waals surface area (Å²) in [5, 5.41) is 54.6. The number of nitrogens with zero attached hydrogens (tertiary/aromatic N) is 2. The van der Waals surface area contributed by atoms with Crippen LogP contribution in [0.5, 0.6) is 0 Å². The van der Waals surface area contributed by atoms with Crippen LogP contribution in [0, 0.1) is 13.8 Å². The number of hydrogen-bond donors (Lipinski definition) is 10. The molecule has 10 N–H and O–H groups in total. The molecule has 16 heteroatoms. The van der Waals surface area contributed by atoms with Gasteiger partial charge >= 0.3 is 11.9 Å². The van der Waals surface area contributed by atoms with Crippen LogP contribution in [0.4, 0.5) is 0 Å². The largest absolute Gasteiger partial charge is 0.481 e. The topological polar surface area (TPSA) is 271 Å². The van der Waals surface area contributed by atoms with E-state index in [9.17, 15) is 29.4 Å². The molecule has 0 aliphatic carbocycles. The van der Waals surface area contributed by atoms with Gasteiger partial charge in [0.05, 0.1) is 22.8 Å². The minimum Gasteiger partial charge on any atom is -0.481 e. The molecule has 0 radical (unpaired) electrons. The fourth-order valence-corrected chi connectivity index (χ4v) is 6.05. The molecule has 0 fully saturated rings. The van der Waals surface area contributed by atoms with Crippen molar-refractivity contribution >= 4 is 80.3 Å². The summed E-state index contributed by atoms with van der Waals surface area (Å²) in [4.78, 5) is 59.8. The molecule has 0 aromatic carbocycles. The first-order valence-corrected chi connectivity index (χ1v) is 17.5. The zero-order valence-corrected chi connectivity index (χ0v) is 31.7. The maximum absolute atomic E-state index is 11.5. The monoisotopic (exact) mass is 772 g/mol. The van der Waals surface area contributed by atoms with Crippen molar-refractivity contribution in [3.05, 3.63) is 82.5 Å². The summed E-state index contributed by atoms with van der Waals surface area (Å²) in [7, 11) is 0. The van der Waals surface area contributed by atoms with Crippen molar-refractivity contribution < 1.29 is 49.8 Å². The number of aryl methyl sites for hydroxylation is 2. The second-order valence-electron chi connectivity index (χ2n) is 12.6. The Labute approximate surface area is 322 Å². The molecule has 5 rings (SSSR count). The second-order valence-corrected chi connectivity index (χ2v) is 12.6. The van der Waals surface area contributed by atoms with Gasteiger partial charge in [0.15, 0.2) is 0 Å². The Balaban J connectivity index is 0.000000512. The number of rotatable bonds is 12. The van der Waals surface area contributed by atoms with Crippen LogP contribution in [0.3, 0.4) is 0 Å². The summed E-state index contributed by atoms with van der Waals surface area (Å²) in [5.74, 6) is -2.91. The maximum Gasteiger partial charge on any atom is 0.303 e. The number of H-pyrrole nitrogens is 2. The number of aliphatic hydroxyl groups excluding tert-OH is 4. The van der Waals surface area contributed by atoms with Gasteiger partial charge in [-0.3, -0.25) is 19.2 Å². The first kappa shape index (κ1) is 44.2. The molecule has 3 aromatic heterocycles. The van der Waals surface area contributed by atoms with Crippen molar-refractivity contribution in [1.29, 1.82) is 0 Å². The highest BCUT2D eigenvalue weighted by atomic mass is 16.4. The van der Waals surface area contributed by atoms with E-state index >= 15 is 0 Å². The normalized spacial score (nSPS) is 11.9. The Morgan fingerprint density at radius 3 is 1.32 bits per heavy atom. The van der Waals surface area contributed by atoms with Crippen LogP contribution in [0.2, 0.25) is 0 Å². The summed E-state index contributed by atoms with van der Waals surface area (Å²) < 4.78 is 0. The van der Waals surface area contributed by atoms with E-state index in [1.54, 1.807) is 0 Å². The second kappa shape index (κ2) is 20.5. The lowest BCUT2D eigenvalue weighted by atomic mass is 9.98. The van der Waals surface area contributed by atoms with E-state index in [1.807, 2.05) is 68.7 Å². The third-order valence-electron chi connectivity index (χ3n) is 9.06. The van der Waals surface area contributed by atoms with Crippen LogP contribution in [0.15, 0.2) is 37.4 Å². The van der Waals surface area contributed by atoms with Crippen molar-refractivity contribution in [3.63, 3.8) is 0 Å². The number of carboxylic acids is 2. The summed E-state index contributed by atoms with van der Waals surface area (Å²) in [5.41, 5.74) is 13.7. The molecule has 56 heavy (non-hydrogen) atoms. The van der Waals surface area contributed by atoms with Gasteiger partial charge in [-0.2, -0.15) is 0 Å². The average Bonchev–Trinajstić information content (AvgIpc) is 3.82. The number of fused-ring (bicyclic) bond motifs is 8. The molecule has 0 atom stereocenters. The van der Waals surface area contributed by atoms with Crippen LogP contribution in [0.25, 0.3) is 56.5 Å². The molecule has 0 saturated heterocycles. The summed E-state index contributed by atoms with van der Waals surface area (Å²) in [6.45, 7) is 14.1. The van der Waals surface area contributed by atoms with Crippen molar-refractivity contribution in [2.24, 2.45) is 0 Å². The van der Waals surface area contributed by atoms with E-state index in [2.05, 4.69) is 29.2 Å². The van der Waals surface area contributed by atoms with E-state index in [-0.39, 0.29) is 12.8 Å². The molecule has 0 spiro atoms. The molecule has 2 aliphatic rings. The summed E-state index contributed by atoms with van der Waals surface area (Å²) in [6, 6.07) is 7.88. The van der Waals surface area contributed by atoms with Crippen molar-refractivity contribution in [1.82, 2.24) is 30.6 Å². The molecule has 8 bridgehead atoms. The molecule has 2 amide bonds. The highest BCUT2D eigenvalue weighted by molar-refractivity contribution is 5.97. The third-order valence-corrected chi connectivity index (χ3v) is 9.06. The van der Waals surface area contributed by atoms with Gasteiger partial charge < -0.3 is 51.2 Å².